The molecule has 28 heavy (non-hydrogen) atoms. The predicted molar refractivity (Wildman–Crippen MR) is 110 cm³/mol. The van der Waals surface area contributed by atoms with E-state index in [4.69, 9.17) is 16.3 Å². The second kappa shape index (κ2) is 9.71. The van der Waals surface area contributed by atoms with Crippen LogP contribution in [0, 0.1) is 0 Å². The maximum atomic E-state index is 12.3. The summed E-state index contributed by atoms with van der Waals surface area (Å²) in [4.78, 5) is 20.7. The highest BCUT2D eigenvalue weighted by Crippen LogP contribution is 2.17. The Morgan fingerprint density at radius 2 is 1.79 bits per heavy atom. The van der Waals surface area contributed by atoms with Gasteiger partial charge in [0.2, 0.25) is 5.95 Å². The minimum absolute atomic E-state index is 0.209. The summed E-state index contributed by atoms with van der Waals surface area (Å²) in [6.45, 7) is 1.07. The van der Waals surface area contributed by atoms with Gasteiger partial charge < -0.3 is 15.4 Å². The first-order valence-electron chi connectivity index (χ1n) is 8.86. The third kappa shape index (κ3) is 5.44. The third-order valence-corrected chi connectivity index (χ3v) is 4.40. The highest BCUT2D eigenvalue weighted by molar-refractivity contribution is 6.30. The second-order valence-corrected chi connectivity index (χ2v) is 6.53. The molecule has 0 saturated heterocycles. The summed E-state index contributed by atoms with van der Waals surface area (Å²) in [7, 11) is 1.64. The number of ether oxygens (including phenoxy) is 1. The van der Waals surface area contributed by atoms with Gasteiger partial charge in [-0.2, -0.15) is 0 Å². The molecule has 0 aliphatic heterocycles. The topological polar surface area (TPSA) is 76.1 Å². The normalized spacial score (nSPS) is 10.4. The largest absolute Gasteiger partial charge is 0.496 e. The van der Waals surface area contributed by atoms with Crippen LogP contribution in [0.3, 0.4) is 0 Å². The van der Waals surface area contributed by atoms with Crippen molar-refractivity contribution in [3.8, 4) is 5.75 Å². The Kier molecular flexibility index (Phi) is 6.81. The molecule has 0 radical (unpaired) electrons. The van der Waals surface area contributed by atoms with Crippen molar-refractivity contribution >= 4 is 23.5 Å². The molecule has 7 heteroatoms. The van der Waals surface area contributed by atoms with Crippen molar-refractivity contribution in [3.05, 3.63) is 82.6 Å². The van der Waals surface area contributed by atoms with Gasteiger partial charge in [-0.3, -0.25) is 4.79 Å². The number of benzene rings is 2. The number of hydrogen-bond acceptors (Lipinski definition) is 5. The first-order chi connectivity index (χ1) is 13.7. The summed E-state index contributed by atoms with van der Waals surface area (Å²) in [5.41, 5.74) is 2.52. The number of nitrogens with zero attached hydrogens (tertiary/aromatic N) is 2. The third-order valence-electron chi connectivity index (χ3n) is 4.15. The Labute approximate surface area is 168 Å². The zero-order chi connectivity index (χ0) is 19.8. The molecule has 0 fully saturated rings. The molecule has 6 nitrogen and oxygen atoms in total. The van der Waals surface area contributed by atoms with E-state index in [0.29, 0.717) is 36.0 Å². The summed E-state index contributed by atoms with van der Waals surface area (Å²) in [6.07, 6.45) is 3.70. The molecule has 0 bridgehead atoms. The van der Waals surface area contributed by atoms with Gasteiger partial charge in [0.05, 0.1) is 12.7 Å². The minimum Gasteiger partial charge on any atom is -0.496 e. The molecule has 0 aliphatic carbocycles. The van der Waals surface area contributed by atoms with Crippen LogP contribution in [0.1, 0.15) is 21.5 Å². The van der Waals surface area contributed by atoms with Crippen LogP contribution in [-0.4, -0.2) is 29.5 Å². The number of hydrogen-bond donors (Lipinski definition) is 2. The number of nitrogens with one attached hydrogen (secondary N) is 2. The lowest BCUT2D eigenvalue weighted by Gasteiger charge is -2.09. The molecule has 0 aliphatic rings. The summed E-state index contributed by atoms with van der Waals surface area (Å²) >= 11 is 5.87. The maximum Gasteiger partial charge on any atom is 0.254 e. The molecule has 3 rings (SSSR count). The molecule has 2 N–H and O–H groups in total. The van der Waals surface area contributed by atoms with Gasteiger partial charge in [0.1, 0.15) is 5.75 Å². The van der Waals surface area contributed by atoms with Crippen molar-refractivity contribution in [2.24, 2.45) is 0 Å². The number of carbonyl (C=O) groups excluding carboxylic acids is 1. The van der Waals surface area contributed by atoms with Gasteiger partial charge >= 0.3 is 0 Å². The van der Waals surface area contributed by atoms with E-state index < -0.39 is 0 Å². The molecule has 1 amide bonds. The van der Waals surface area contributed by atoms with Crippen LogP contribution >= 0.6 is 11.6 Å². The van der Waals surface area contributed by atoms with E-state index in [1.54, 1.807) is 7.11 Å². The average molecular weight is 397 g/mol. The number of anilines is 1. The Morgan fingerprint density at radius 3 is 2.50 bits per heavy atom. The lowest BCUT2D eigenvalue weighted by molar-refractivity contribution is 0.0953. The van der Waals surface area contributed by atoms with Gasteiger partial charge in [0.15, 0.2) is 0 Å². The monoisotopic (exact) mass is 396 g/mol. The van der Waals surface area contributed by atoms with Gasteiger partial charge in [0.25, 0.3) is 5.91 Å². The van der Waals surface area contributed by atoms with Crippen molar-refractivity contribution in [2.75, 3.05) is 19.0 Å². The van der Waals surface area contributed by atoms with Crippen LogP contribution < -0.4 is 15.4 Å². The van der Waals surface area contributed by atoms with Crippen LogP contribution in [0.5, 0.6) is 5.75 Å². The first kappa shape index (κ1) is 19.6. The van der Waals surface area contributed by atoms with Gasteiger partial charge in [-0.15, -0.1) is 0 Å². The summed E-state index contributed by atoms with van der Waals surface area (Å²) in [5.74, 6) is 1.07. The van der Waals surface area contributed by atoms with Crippen LogP contribution in [0.15, 0.2) is 60.9 Å². The fraction of sp³-hybridized carbons (Fsp3) is 0.190. The molecule has 1 aromatic heterocycles. The first-order valence-corrected chi connectivity index (χ1v) is 9.24. The van der Waals surface area contributed by atoms with E-state index in [2.05, 4.69) is 20.6 Å². The molecular weight excluding hydrogens is 376 g/mol. The van der Waals surface area contributed by atoms with Crippen LogP contribution in [0.2, 0.25) is 5.02 Å². The SMILES string of the molecule is COc1ccccc1CCNC(=O)c1cnc(NCc2ccc(Cl)cc2)nc1. The highest BCUT2D eigenvalue weighted by Gasteiger charge is 2.08. The standard InChI is InChI=1S/C21H21ClN4O2/c1-28-19-5-3-2-4-16(19)10-11-23-20(27)17-13-25-21(26-14-17)24-12-15-6-8-18(22)9-7-15/h2-9,13-14H,10-12H2,1H3,(H,23,27)(H,24,25,26). The number of carbonyl (C=O) groups is 1. The zero-order valence-electron chi connectivity index (χ0n) is 15.5. The number of aromatic nitrogens is 2. The molecule has 144 valence electrons. The second-order valence-electron chi connectivity index (χ2n) is 6.09. The summed E-state index contributed by atoms with van der Waals surface area (Å²) in [6, 6.07) is 15.3. The fourth-order valence-electron chi connectivity index (χ4n) is 2.64. The Hall–Kier alpha value is -3.12. The van der Waals surface area contributed by atoms with E-state index >= 15 is 0 Å². The lowest BCUT2D eigenvalue weighted by Crippen LogP contribution is -2.26. The Morgan fingerprint density at radius 1 is 1.07 bits per heavy atom. The number of methoxy groups -OCH3 is 1. The van der Waals surface area contributed by atoms with E-state index in [1.165, 1.54) is 12.4 Å². The van der Waals surface area contributed by atoms with E-state index in [0.717, 1.165) is 16.9 Å². The van der Waals surface area contributed by atoms with Gasteiger partial charge in [-0.25, -0.2) is 9.97 Å². The molecule has 0 spiro atoms. The Bertz CT molecular complexity index is 914. The molecule has 3 aromatic rings. The lowest BCUT2D eigenvalue weighted by atomic mass is 10.1. The molecule has 2 aromatic carbocycles. The van der Waals surface area contributed by atoms with E-state index in [-0.39, 0.29) is 5.91 Å². The minimum atomic E-state index is -0.209. The smallest absolute Gasteiger partial charge is 0.254 e. The molecule has 0 unspecified atom stereocenters. The summed E-state index contributed by atoms with van der Waals surface area (Å²) in [5, 5.41) is 6.68. The average Bonchev–Trinajstić information content (AvgIpc) is 2.74. The van der Waals surface area contributed by atoms with Crippen molar-refractivity contribution in [1.29, 1.82) is 0 Å². The highest BCUT2D eigenvalue weighted by atomic mass is 35.5. The van der Waals surface area contributed by atoms with E-state index in [1.807, 2.05) is 48.5 Å². The van der Waals surface area contributed by atoms with Crippen molar-refractivity contribution in [3.63, 3.8) is 0 Å². The van der Waals surface area contributed by atoms with Crippen LogP contribution in [0.25, 0.3) is 0 Å². The van der Waals surface area contributed by atoms with Gasteiger partial charge in [-0.05, 0) is 35.7 Å². The van der Waals surface area contributed by atoms with Gasteiger partial charge in [0, 0.05) is 30.5 Å². The molecule has 0 atom stereocenters. The molecular formula is C21H21ClN4O2. The Balaban J connectivity index is 1.48. The molecule has 1 heterocycles. The number of amides is 1. The van der Waals surface area contributed by atoms with Crippen molar-refractivity contribution in [1.82, 2.24) is 15.3 Å². The maximum absolute atomic E-state index is 12.3. The van der Waals surface area contributed by atoms with Gasteiger partial charge in [-0.1, -0.05) is 41.9 Å². The quantitative estimate of drug-likeness (QED) is 0.606. The van der Waals surface area contributed by atoms with Crippen molar-refractivity contribution < 1.29 is 9.53 Å². The number of rotatable bonds is 8. The van der Waals surface area contributed by atoms with Crippen molar-refractivity contribution in [2.45, 2.75) is 13.0 Å². The fourth-order valence-corrected chi connectivity index (χ4v) is 2.77. The molecule has 0 saturated carbocycles. The summed E-state index contributed by atoms with van der Waals surface area (Å²) < 4.78 is 5.32. The predicted octanol–water partition coefficient (Wildman–Crippen LogP) is 3.72. The number of halogens is 1. The number of para-hydroxylation sites is 1. The van der Waals surface area contributed by atoms with E-state index in [9.17, 15) is 4.79 Å². The zero-order valence-corrected chi connectivity index (χ0v) is 16.2. The van der Waals surface area contributed by atoms with Crippen LogP contribution in [-0.2, 0) is 13.0 Å². The van der Waals surface area contributed by atoms with Crippen LogP contribution in [0.4, 0.5) is 5.95 Å².